The minimum atomic E-state index is -1.06. The third kappa shape index (κ3) is 5.70. The van der Waals surface area contributed by atoms with Crippen molar-refractivity contribution >= 4 is 17.9 Å². The molecular weight excluding hydrogens is 228 g/mol. The number of carboxylic acid groups (broad SMARTS) is 1. The molecule has 6 heteroatoms. The Kier molecular flexibility index (Phi) is 6.62. The summed E-state index contributed by atoms with van der Waals surface area (Å²) in [7, 11) is 0. The van der Waals surface area contributed by atoms with Crippen molar-refractivity contribution in [1.29, 1.82) is 0 Å². The fraction of sp³-hybridized carbons (Fsp3) is 0.545. The van der Waals surface area contributed by atoms with E-state index < -0.39 is 29.7 Å². The van der Waals surface area contributed by atoms with Gasteiger partial charge in [-0.15, -0.1) is 0 Å². The van der Waals surface area contributed by atoms with Crippen molar-refractivity contribution in [1.82, 2.24) is 0 Å². The molecule has 0 fully saturated rings. The molecule has 96 valence electrons. The third-order valence-corrected chi connectivity index (χ3v) is 2.25. The zero-order valence-corrected chi connectivity index (χ0v) is 9.84. The molecule has 1 N–H and O–H groups in total. The molecule has 0 bridgehead atoms. The van der Waals surface area contributed by atoms with E-state index >= 15 is 0 Å². The van der Waals surface area contributed by atoms with E-state index in [9.17, 15) is 14.4 Å². The summed E-state index contributed by atoms with van der Waals surface area (Å²) in [6.07, 6.45) is 0.997. The number of hydrogen-bond donors (Lipinski definition) is 1. The maximum atomic E-state index is 11.4. The van der Waals surface area contributed by atoms with Crippen molar-refractivity contribution in [2.24, 2.45) is 11.8 Å². The van der Waals surface area contributed by atoms with Crippen LogP contribution in [0.25, 0.3) is 0 Å². The van der Waals surface area contributed by atoms with Crippen LogP contribution in [0.2, 0.25) is 0 Å². The van der Waals surface area contributed by atoms with E-state index in [4.69, 9.17) is 9.84 Å². The zero-order valence-electron chi connectivity index (χ0n) is 9.84. The highest BCUT2D eigenvalue weighted by atomic mass is 16.6. The molecule has 17 heavy (non-hydrogen) atoms. The molecule has 6 nitrogen and oxygen atoms in total. The van der Waals surface area contributed by atoms with E-state index in [-0.39, 0.29) is 13.2 Å². The minimum Gasteiger partial charge on any atom is -0.481 e. The highest BCUT2D eigenvalue weighted by Crippen LogP contribution is 2.12. The van der Waals surface area contributed by atoms with Crippen molar-refractivity contribution in [3.63, 3.8) is 0 Å². The second-order valence-electron chi connectivity index (χ2n) is 3.45. The van der Waals surface area contributed by atoms with Crippen LogP contribution in [0.15, 0.2) is 12.7 Å². The van der Waals surface area contributed by atoms with Crippen molar-refractivity contribution in [3.8, 4) is 0 Å². The van der Waals surface area contributed by atoms with E-state index in [0.29, 0.717) is 0 Å². The lowest BCUT2D eigenvalue weighted by Crippen LogP contribution is -2.27. The van der Waals surface area contributed by atoms with Crippen molar-refractivity contribution < 1.29 is 29.0 Å². The Bertz CT molecular complexity index is 309. The Morgan fingerprint density at radius 2 is 1.71 bits per heavy atom. The normalized spacial score (nSPS) is 13.3. The van der Waals surface area contributed by atoms with Gasteiger partial charge in [-0.3, -0.25) is 9.59 Å². The smallest absolute Gasteiger partial charge is 0.330 e. The molecule has 0 rings (SSSR count). The van der Waals surface area contributed by atoms with Gasteiger partial charge in [0.15, 0.2) is 0 Å². The number of ether oxygens (including phenoxy) is 2. The summed E-state index contributed by atoms with van der Waals surface area (Å²) in [5.74, 6) is -3.86. The van der Waals surface area contributed by atoms with Gasteiger partial charge in [0.05, 0.1) is 11.8 Å². The molecule has 0 spiro atoms. The average molecular weight is 244 g/mol. The molecule has 0 saturated heterocycles. The topological polar surface area (TPSA) is 89.9 Å². The maximum Gasteiger partial charge on any atom is 0.330 e. The lowest BCUT2D eigenvalue weighted by atomic mass is 9.96. The molecule has 0 heterocycles. The Balaban J connectivity index is 3.90. The van der Waals surface area contributed by atoms with Gasteiger partial charge in [0.25, 0.3) is 0 Å². The highest BCUT2D eigenvalue weighted by molar-refractivity contribution is 5.81. The van der Waals surface area contributed by atoms with Gasteiger partial charge in [-0.2, -0.15) is 0 Å². The molecule has 0 aromatic carbocycles. The van der Waals surface area contributed by atoms with Gasteiger partial charge in [0.2, 0.25) is 0 Å². The van der Waals surface area contributed by atoms with E-state index in [0.717, 1.165) is 6.08 Å². The largest absolute Gasteiger partial charge is 0.481 e. The second kappa shape index (κ2) is 7.43. The standard InChI is InChI=1S/C11H16O6/c1-4-9(12)16-5-6-17-11(15)8(3)7(2)10(13)14/h4,7-8H,1,5-6H2,2-3H3,(H,13,14). The first-order chi connectivity index (χ1) is 7.90. The molecule has 0 saturated carbocycles. The van der Waals surface area contributed by atoms with E-state index in [2.05, 4.69) is 11.3 Å². The minimum absolute atomic E-state index is 0.0786. The first kappa shape index (κ1) is 15.2. The van der Waals surface area contributed by atoms with Gasteiger partial charge < -0.3 is 14.6 Å². The SMILES string of the molecule is C=CC(=O)OCCOC(=O)C(C)C(C)C(=O)O. The summed E-state index contributed by atoms with van der Waals surface area (Å²) in [6, 6.07) is 0. The fourth-order valence-electron chi connectivity index (χ4n) is 0.893. The lowest BCUT2D eigenvalue weighted by Gasteiger charge is -2.14. The third-order valence-electron chi connectivity index (χ3n) is 2.25. The monoisotopic (exact) mass is 244 g/mol. The number of hydrogen-bond acceptors (Lipinski definition) is 5. The summed E-state index contributed by atoms with van der Waals surface area (Å²) in [5, 5.41) is 8.69. The van der Waals surface area contributed by atoms with Gasteiger partial charge in [-0.1, -0.05) is 20.4 Å². The molecule has 2 unspecified atom stereocenters. The van der Waals surface area contributed by atoms with E-state index in [1.54, 1.807) is 0 Å². The van der Waals surface area contributed by atoms with Crippen LogP contribution >= 0.6 is 0 Å². The molecular formula is C11H16O6. The molecule has 0 amide bonds. The molecule has 0 aliphatic heterocycles. The van der Waals surface area contributed by atoms with E-state index in [1.165, 1.54) is 13.8 Å². The first-order valence-corrected chi connectivity index (χ1v) is 5.08. The van der Waals surface area contributed by atoms with Gasteiger partial charge in [0, 0.05) is 6.08 Å². The molecule has 0 aliphatic rings. The summed E-state index contributed by atoms with van der Waals surface area (Å²) >= 11 is 0. The van der Waals surface area contributed by atoms with Gasteiger partial charge >= 0.3 is 17.9 Å². The van der Waals surface area contributed by atoms with Gasteiger partial charge in [-0.05, 0) is 0 Å². The number of esters is 2. The van der Waals surface area contributed by atoms with Crippen LogP contribution < -0.4 is 0 Å². The van der Waals surface area contributed by atoms with Crippen LogP contribution in [-0.2, 0) is 23.9 Å². The summed E-state index contributed by atoms with van der Waals surface area (Å²) < 4.78 is 9.33. The summed E-state index contributed by atoms with van der Waals surface area (Å²) in [6.45, 7) is 5.91. The second-order valence-corrected chi connectivity index (χ2v) is 3.45. The molecule has 0 radical (unpaired) electrons. The summed E-state index contributed by atoms with van der Waals surface area (Å²) in [5.41, 5.74) is 0. The average Bonchev–Trinajstić information content (AvgIpc) is 2.31. The van der Waals surface area contributed by atoms with Crippen molar-refractivity contribution in [3.05, 3.63) is 12.7 Å². The fourth-order valence-corrected chi connectivity index (χ4v) is 0.893. The van der Waals surface area contributed by atoms with Crippen LogP contribution in [0.5, 0.6) is 0 Å². The first-order valence-electron chi connectivity index (χ1n) is 5.08. The molecule has 2 atom stereocenters. The summed E-state index contributed by atoms with van der Waals surface area (Å²) in [4.78, 5) is 32.6. The van der Waals surface area contributed by atoms with Crippen LogP contribution in [0.4, 0.5) is 0 Å². The van der Waals surface area contributed by atoms with Crippen molar-refractivity contribution in [2.45, 2.75) is 13.8 Å². The van der Waals surface area contributed by atoms with E-state index in [1.807, 2.05) is 0 Å². The number of carboxylic acids is 1. The number of aliphatic carboxylic acids is 1. The predicted octanol–water partition coefficient (Wildman–Crippen LogP) is 0.616. The molecule has 0 aliphatic carbocycles. The number of rotatable bonds is 7. The van der Waals surface area contributed by atoms with Crippen LogP contribution in [0, 0.1) is 11.8 Å². The quantitative estimate of drug-likeness (QED) is 0.401. The Morgan fingerprint density at radius 1 is 1.18 bits per heavy atom. The maximum absolute atomic E-state index is 11.4. The van der Waals surface area contributed by atoms with Crippen LogP contribution in [0.1, 0.15) is 13.8 Å². The van der Waals surface area contributed by atoms with Gasteiger partial charge in [0.1, 0.15) is 13.2 Å². The lowest BCUT2D eigenvalue weighted by molar-refractivity contribution is -0.158. The Morgan fingerprint density at radius 3 is 2.18 bits per heavy atom. The molecule has 0 aromatic heterocycles. The Hall–Kier alpha value is -1.85. The van der Waals surface area contributed by atoms with Crippen molar-refractivity contribution in [2.75, 3.05) is 13.2 Å². The number of carbonyl (C=O) groups is 3. The van der Waals surface area contributed by atoms with Crippen LogP contribution in [-0.4, -0.2) is 36.2 Å². The Labute approximate surface area is 99.2 Å². The van der Waals surface area contributed by atoms with Crippen LogP contribution in [0.3, 0.4) is 0 Å². The number of carbonyl (C=O) groups excluding carboxylic acids is 2. The zero-order chi connectivity index (χ0) is 13.4. The van der Waals surface area contributed by atoms with Gasteiger partial charge in [-0.25, -0.2) is 4.79 Å². The molecule has 0 aromatic rings. The predicted molar refractivity (Wildman–Crippen MR) is 58.1 cm³/mol. The highest BCUT2D eigenvalue weighted by Gasteiger charge is 2.26.